The lowest BCUT2D eigenvalue weighted by Crippen LogP contribution is -2.50. The van der Waals surface area contributed by atoms with Crippen LogP contribution in [0.25, 0.3) is 11.4 Å². The van der Waals surface area contributed by atoms with Crippen molar-refractivity contribution in [2.45, 2.75) is 45.7 Å². The van der Waals surface area contributed by atoms with Gasteiger partial charge >= 0.3 is 0 Å². The standard InChI is InChI=1S/C16H23N5/c1-10-6-4-7-11(2)14(10)15-18-16(20-19-15)21-9-5-8-13(17)12(21)3/h4,6-7,12-13H,5,8-9,17H2,1-3H3,(H,18,19,20). The summed E-state index contributed by atoms with van der Waals surface area (Å²) >= 11 is 0. The molecule has 1 aliphatic heterocycles. The van der Waals surface area contributed by atoms with E-state index in [0.717, 1.165) is 36.7 Å². The molecule has 0 spiro atoms. The van der Waals surface area contributed by atoms with Crippen LogP contribution in [0.1, 0.15) is 30.9 Å². The summed E-state index contributed by atoms with van der Waals surface area (Å²) in [6.07, 6.45) is 2.17. The lowest BCUT2D eigenvalue weighted by Gasteiger charge is -2.36. The van der Waals surface area contributed by atoms with Gasteiger partial charge in [-0.25, -0.2) is 0 Å². The number of aromatic amines is 1. The van der Waals surface area contributed by atoms with Crippen LogP contribution >= 0.6 is 0 Å². The van der Waals surface area contributed by atoms with Crippen molar-refractivity contribution in [3.05, 3.63) is 29.3 Å². The molecule has 1 fully saturated rings. The average Bonchev–Trinajstić information content (AvgIpc) is 2.91. The van der Waals surface area contributed by atoms with E-state index in [4.69, 9.17) is 10.7 Å². The van der Waals surface area contributed by atoms with Crippen molar-refractivity contribution in [2.24, 2.45) is 5.73 Å². The molecule has 0 radical (unpaired) electrons. The van der Waals surface area contributed by atoms with Crippen molar-refractivity contribution < 1.29 is 0 Å². The highest BCUT2D eigenvalue weighted by atomic mass is 15.4. The largest absolute Gasteiger partial charge is 0.335 e. The van der Waals surface area contributed by atoms with Crippen molar-refractivity contribution in [2.75, 3.05) is 11.4 Å². The zero-order valence-corrected chi connectivity index (χ0v) is 12.9. The van der Waals surface area contributed by atoms with Gasteiger partial charge in [0.15, 0.2) is 5.82 Å². The topological polar surface area (TPSA) is 70.8 Å². The number of hydrogen-bond donors (Lipinski definition) is 2. The third-order valence-corrected chi connectivity index (χ3v) is 4.50. The first-order chi connectivity index (χ1) is 10.1. The van der Waals surface area contributed by atoms with E-state index >= 15 is 0 Å². The summed E-state index contributed by atoms with van der Waals surface area (Å²) in [7, 11) is 0. The van der Waals surface area contributed by atoms with E-state index in [1.54, 1.807) is 0 Å². The van der Waals surface area contributed by atoms with Gasteiger partial charge in [0.1, 0.15) is 0 Å². The molecule has 0 amide bonds. The normalized spacial score (nSPS) is 22.6. The molecule has 3 rings (SSSR count). The lowest BCUT2D eigenvalue weighted by atomic mass is 9.99. The fraction of sp³-hybridized carbons (Fsp3) is 0.500. The van der Waals surface area contributed by atoms with Crippen LogP contribution in [0.4, 0.5) is 5.95 Å². The quantitative estimate of drug-likeness (QED) is 0.889. The Morgan fingerprint density at radius 1 is 1.29 bits per heavy atom. The Morgan fingerprint density at radius 2 is 2.00 bits per heavy atom. The van der Waals surface area contributed by atoms with Crippen LogP contribution < -0.4 is 10.6 Å². The second-order valence-electron chi connectivity index (χ2n) is 5.99. The van der Waals surface area contributed by atoms with Gasteiger partial charge < -0.3 is 10.6 Å². The van der Waals surface area contributed by atoms with Gasteiger partial charge in [-0.05, 0) is 44.7 Å². The minimum absolute atomic E-state index is 0.195. The fourth-order valence-corrected chi connectivity index (χ4v) is 3.14. The average molecular weight is 285 g/mol. The summed E-state index contributed by atoms with van der Waals surface area (Å²) in [5.74, 6) is 1.60. The lowest BCUT2D eigenvalue weighted by molar-refractivity contribution is 0.416. The molecular weight excluding hydrogens is 262 g/mol. The molecule has 1 aromatic heterocycles. The Balaban J connectivity index is 1.93. The monoisotopic (exact) mass is 285 g/mol. The number of benzene rings is 1. The van der Waals surface area contributed by atoms with E-state index in [1.165, 1.54) is 11.1 Å². The maximum atomic E-state index is 6.16. The maximum absolute atomic E-state index is 6.16. The molecule has 2 heterocycles. The van der Waals surface area contributed by atoms with E-state index in [1.807, 2.05) is 0 Å². The van der Waals surface area contributed by atoms with Gasteiger partial charge in [-0.3, -0.25) is 5.10 Å². The van der Waals surface area contributed by atoms with Crippen LogP contribution in [0, 0.1) is 13.8 Å². The number of rotatable bonds is 2. The molecule has 0 saturated carbocycles. The highest BCUT2D eigenvalue weighted by Crippen LogP contribution is 2.27. The predicted octanol–water partition coefficient (Wildman–Crippen LogP) is 2.40. The smallest absolute Gasteiger partial charge is 0.245 e. The Labute approximate surface area is 125 Å². The number of nitrogens with two attached hydrogens (primary N) is 1. The summed E-state index contributed by atoms with van der Waals surface area (Å²) in [6, 6.07) is 6.74. The molecule has 1 saturated heterocycles. The minimum Gasteiger partial charge on any atom is -0.335 e. The molecular formula is C16H23N5. The first-order valence-corrected chi connectivity index (χ1v) is 7.59. The summed E-state index contributed by atoms with van der Waals surface area (Å²) in [4.78, 5) is 6.92. The molecule has 1 aliphatic rings. The number of aromatic nitrogens is 3. The van der Waals surface area contributed by atoms with Gasteiger partial charge in [0, 0.05) is 24.2 Å². The summed E-state index contributed by atoms with van der Waals surface area (Å²) < 4.78 is 0. The molecule has 2 unspecified atom stereocenters. The Morgan fingerprint density at radius 3 is 2.71 bits per heavy atom. The van der Waals surface area contributed by atoms with Crippen molar-refractivity contribution in [3.8, 4) is 11.4 Å². The molecule has 5 nitrogen and oxygen atoms in total. The third-order valence-electron chi connectivity index (χ3n) is 4.50. The number of nitrogens with one attached hydrogen (secondary N) is 1. The van der Waals surface area contributed by atoms with Crippen LogP contribution in [0.5, 0.6) is 0 Å². The molecule has 0 aliphatic carbocycles. The second-order valence-corrected chi connectivity index (χ2v) is 5.99. The molecule has 5 heteroatoms. The molecule has 3 N–H and O–H groups in total. The minimum atomic E-state index is 0.195. The van der Waals surface area contributed by atoms with Gasteiger partial charge in [-0.1, -0.05) is 18.2 Å². The van der Waals surface area contributed by atoms with Gasteiger partial charge in [0.2, 0.25) is 5.95 Å². The molecule has 2 atom stereocenters. The number of piperidine rings is 1. The summed E-state index contributed by atoms with van der Waals surface area (Å²) in [6.45, 7) is 7.33. The van der Waals surface area contributed by atoms with Crippen molar-refractivity contribution in [1.82, 2.24) is 15.2 Å². The van der Waals surface area contributed by atoms with E-state index < -0.39 is 0 Å². The van der Waals surface area contributed by atoms with Gasteiger partial charge in [0.05, 0.1) is 0 Å². The first kappa shape index (κ1) is 14.1. The molecule has 0 bridgehead atoms. The van der Waals surface area contributed by atoms with Crippen molar-refractivity contribution in [3.63, 3.8) is 0 Å². The Hall–Kier alpha value is -1.88. The predicted molar refractivity (Wildman–Crippen MR) is 85.3 cm³/mol. The van der Waals surface area contributed by atoms with E-state index in [0.29, 0.717) is 0 Å². The summed E-state index contributed by atoms with van der Waals surface area (Å²) in [5.41, 5.74) is 9.73. The van der Waals surface area contributed by atoms with Crippen LogP contribution in [0.15, 0.2) is 18.2 Å². The fourth-order valence-electron chi connectivity index (χ4n) is 3.14. The van der Waals surface area contributed by atoms with Gasteiger partial charge in [0.25, 0.3) is 0 Å². The SMILES string of the molecule is Cc1cccc(C)c1-c1nc(N2CCCC(N)C2C)n[nH]1. The van der Waals surface area contributed by atoms with E-state index in [2.05, 4.69) is 54.1 Å². The van der Waals surface area contributed by atoms with Crippen LogP contribution in [0.3, 0.4) is 0 Å². The number of anilines is 1. The Kier molecular flexibility index (Phi) is 3.68. The highest BCUT2D eigenvalue weighted by molar-refractivity contribution is 5.65. The van der Waals surface area contributed by atoms with Crippen molar-refractivity contribution >= 4 is 5.95 Å². The highest BCUT2D eigenvalue weighted by Gasteiger charge is 2.28. The third kappa shape index (κ3) is 2.53. The van der Waals surface area contributed by atoms with Crippen LogP contribution in [-0.2, 0) is 0 Å². The van der Waals surface area contributed by atoms with Gasteiger partial charge in [-0.2, -0.15) is 4.98 Å². The molecule has 2 aromatic rings. The maximum Gasteiger partial charge on any atom is 0.245 e. The Bertz CT molecular complexity index is 613. The molecule has 21 heavy (non-hydrogen) atoms. The van der Waals surface area contributed by atoms with E-state index in [9.17, 15) is 0 Å². The number of H-pyrrole nitrogens is 1. The zero-order valence-electron chi connectivity index (χ0n) is 12.9. The summed E-state index contributed by atoms with van der Waals surface area (Å²) in [5, 5.41) is 7.51. The molecule has 112 valence electrons. The van der Waals surface area contributed by atoms with E-state index in [-0.39, 0.29) is 12.1 Å². The first-order valence-electron chi connectivity index (χ1n) is 7.59. The molecule has 1 aromatic carbocycles. The van der Waals surface area contributed by atoms with Gasteiger partial charge in [-0.15, -0.1) is 5.10 Å². The number of hydrogen-bond acceptors (Lipinski definition) is 4. The second kappa shape index (κ2) is 5.48. The number of nitrogens with zero attached hydrogens (tertiary/aromatic N) is 3. The zero-order chi connectivity index (χ0) is 15.0. The van der Waals surface area contributed by atoms with Crippen LogP contribution in [0.2, 0.25) is 0 Å². The van der Waals surface area contributed by atoms with Crippen molar-refractivity contribution in [1.29, 1.82) is 0 Å². The van der Waals surface area contributed by atoms with Crippen LogP contribution in [-0.4, -0.2) is 33.8 Å². The number of aryl methyl sites for hydroxylation is 2.